The Hall–Kier alpha value is -1.58. The van der Waals surface area contributed by atoms with Crippen LogP contribution in [0.1, 0.15) is 0 Å². The SMILES string of the molecule is O=C([O-])C1=CN=CC=CN1. The number of carbonyl (C=O) groups excluding carboxylic acids is 1. The van der Waals surface area contributed by atoms with E-state index in [1.165, 1.54) is 18.6 Å². The van der Waals surface area contributed by atoms with Crippen molar-refractivity contribution < 1.29 is 9.90 Å². The molecule has 1 N–H and O–H groups in total. The first kappa shape index (κ1) is 6.54. The predicted octanol–water partition coefficient (Wildman–Crippen LogP) is -1.23. The maximum atomic E-state index is 10.2. The van der Waals surface area contributed by atoms with Crippen molar-refractivity contribution >= 4 is 12.2 Å². The first-order valence-electron chi connectivity index (χ1n) is 2.67. The number of carboxylic acid groups (broad SMARTS) is 1. The maximum Gasteiger partial charge on any atom is 0.0893 e. The maximum absolute atomic E-state index is 10.2. The Kier molecular flexibility index (Phi) is 1.84. The van der Waals surface area contributed by atoms with Crippen LogP contribution in [0.15, 0.2) is 29.2 Å². The van der Waals surface area contributed by atoms with Gasteiger partial charge in [0.15, 0.2) is 0 Å². The zero-order valence-electron chi connectivity index (χ0n) is 5.07. The minimum Gasteiger partial charge on any atom is -0.543 e. The van der Waals surface area contributed by atoms with Crippen molar-refractivity contribution in [1.29, 1.82) is 0 Å². The average molecular weight is 137 g/mol. The molecule has 0 aromatic carbocycles. The van der Waals surface area contributed by atoms with Crippen LogP contribution in [-0.4, -0.2) is 12.2 Å². The Morgan fingerprint density at radius 3 is 3.20 bits per heavy atom. The molecule has 0 spiro atoms. The van der Waals surface area contributed by atoms with Crippen LogP contribution in [0.2, 0.25) is 0 Å². The van der Waals surface area contributed by atoms with Gasteiger partial charge in [0.2, 0.25) is 0 Å². The summed E-state index contributed by atoms with van der Waals surface area (Å²) in [7, 11) is 0. The molecular formula is C6H5N2O2-. The van der Waals surface area contributed by atoms with E-state index in [4.69, 9.17) is 0 Å². The van der Waals surface area contributed by atoms with Gasteiger partial charge in [-0.05, 0) is 6.08 Å². The Balaban J connectivity index is 2.78. The highest BCUT2D eigenvalue weighted by atomic mass is 16.4. The number of aliphatic imine (C=N–C) groups is 1. The molecule has 0 aliphatic carbocycles. The molecule has 52 valence electrons. The molecule has 1 heterocycles. The zero-order chi connectivity index (χ0) is 7.40. The molecule has 0 aromatic rings. The number of allylic oxidation sites excluding steroid dienone is 1. The van der Waals surface area contributed by atoms with Crippen LogP contribution in [0, 0.1) is 0 Å². The van der Waals surface area contributed by atoms with E-state index in [1.807, 2.05) is 0 Å². The van der Waals surface area contributed by atoms with Gasteiger partial charge in [0.05, 0.1) is 17.9 Å². The number of nitrogens with one attached hydrogen (secondary N) is 1. The summed E-state index contributed by atoms with van der Waals surface area (Å²) in [6.07, 6.45) is 5.73. The van der Waals surface area contributed by atoms with Gasteiger partial charge in [-0.1, -0.05) is 0 Å². The third kappa shape index (κ3) is 1.45. The second-order valence-electron chi connectivity index (χ2n) is 1.63. The molecule has 0 aromatic heterocycles. The molecule has 0 atom stereocenters. The third-order valence-electron chi connectivity index (χ3n) is 0.931. The molecule has 0 bridgehead atoms. The van der Waals surface area contributed by atoms with Gasteiger partial charge < -0.3 is 15.2 Å². The van der Waals surface area contributed by atoms with Crippen LogP contribution in [0.5, 0.6) is 0 Å². The number of carbonyl (C=O) groups is 1. The van der Waals surface area contributed by atoms with Crippen LogP contribution in [0.4, 0.5) is 0 Å². The normalized spacial score (nSPS) is 15.4. The van der Waals surface area contributed by atoms with E-state index in [0.717, 1.165) is 0 Å². The molecule has 0 saturated heterocycles. The molecule has 1 aliphatic heterocycles. The van der Waals surface area contributed by atoms with Crippen molar-refractivity contribution in [3.05, 3.63) is 24.2 Å². The fourth-order valence-corrected chi connectivity index (χ4v) is 0.497. The van der Waals surface area contributed by atoms with E-state index in [9.17, 15) is 9.90 Å². The number of nitrogens with zero attached hydrogens (tertiary/aromatic N) is 1. The van der Waals surface area contributed by atoms with Gasteiger partial charge >= 0.3 is 0 Å². The summed E-state index contributed by atoms with van der Waals surface area (Å²) in [6.45, 7) is 0. The minimum absolute atomic E-state index is 0.0370. The molecule has 0 fully saturated rings. The van der Waals surface area contributed by atoms with Gasteiger partial charge in [-0.15, -0.1) is 0 Å². The zero-order valence-corrected chi connectivity index (χ0v) is 5.07. The predicted molar refractivity (Wildman–Crippen MR) is 33.9 cm³/mol. The Labute approximate surface area is 57.6 Å². The molecule has 1 rings (SSSR count). The van der Waals surface area contributed by atoms with E-state index < -0.39 is 5.97 Å². The lowest BCUT2D eigenvalue weighted by Gasteiger charge is -2.03. The second kappa shape index (κ2) is 2.82. The molecule has 4 heteroatoms. The van der Waals surface area contributed by atoms with Crippen LogP contribution in [-0.2, 0) is 4.79 Å². The van der Waals surface area contributed by atoms with Crippen molar-refractivity contribution in [2.75, 3.05) is 0 Å². The highest BCUT2D eigenvalue weighted by Gasteiger charge is 1.93. The number of carboxylic acids is 1. The molecule has 0 radical (unpaired) electrons. The lowest BCUT2D eigenvalue weighted by molar-refractivity contribution is -0.299. The number of hydrogen-bond acceptors (Lipinski definition) is 4. The molecule has 10 heavy (non-hydrogen) atoms. The van der Waals surface area contributed by atoms with E-state index in [1.54, 1.807) is 6.08 Å². The summed E-state index contributed by atoms with van der Waals surface area (Å²) in [5, 5.41) is 12.6. The fraction of sp³-hybridized carbons (Fsp3) is 0. The first-order chi connectivity index (χ1) is 4.80. The van der Waals surface area contributed by atoms with Crippen LogP contribution < -0.4 is 10.4 Å². The highest BCUT2D eigenvalue weighted by Crippen LogP contribution is 1.90. The van der Waals surface area contributed by atoms with Gasteiger partial charge in [0.25, 0.3) is 0 Å². The summed E-state index contributed by atoms with van der Waals surface area (Å²) in [5.74, 6) is -1.26. The fourth-order valence-electron chi connectivity index (χ4n) is 0.497. The van der Waals surface area contributed by atoms with Crippen LogP contribution in [0.25, 0.3) is 0 Å². The third-order valence-corrected chi connectivity index (χ3v) is 0.931. The number of aliphatic carboxylic acids is 1. The van der Waals surface area contributed by atoms with Crippen molar-refractivity contribution in [2.45, 2.75) is 0 Å². The van der Waals surface area contributed by atoms with Crippen LogP contribution in [0.3, 0.4) is 0 Å². The largest absolute Gasteiger partial charge is 0.543 e. The smallest absolute Gasteiger partial charge is 0.0893 e. The Morgan fingerprint density at radius 2 is 2.50 bits per heavy atom. The molecule has 1 aliphatic rings. The van der Waals surface area contributed by atoms with E-state index in [2.05, 4.69) is 10.3 Å². The van der Waals surface area contributed by atoms with E-state index in [0.29, 0.717) is 0 Å². The van der Waals surface area contributed by atoms with E-state index in [-0.39, 0.29) is 5.70 Å². The second-order valence-corrected chi connectivity index (χ2v) is 1.63. The van der Waals surface area contributed by atoms with Crippen molar-refractivity contribution in [3.63, 3.8) is 0 Å². The summed E-state index contributed by atoms with van der Waals surface area (Å²) in [6, 6.07) is 0. The first-order valence-corrected chi connectivity index (χ1v) is 2.67. The van der Waals surface area contributed by atoms with Crippen molar-refractivity contribution in [1.82, 2.24) is 5.32 Å². The van der Waals surface area contributed by atoms with Crippen molar-refractivity contribution in [2.24, 2.45) is 4.99 Å². The molecular weight excluding hydrogens is 132 g/mol. The number of hydrogen-bond donors (Lipinski definition) is 1. The lowest BCUT2D eigenvalue weighted by atomic mass is 10.5. The monoisotopic (exact) mass is 137 g/mol. The molecule has 0 amide bonds. The van der Waals surface area contributed by atoms with Crippen molar-refractivity contribution in [3.8, 4) is 0 Å². The summed E-state index contributed by atoms with van der Waals surface area (Å²) in [5.41, 5.74) is -0.0370. The quantitative estimate of drug-likeness (QED) is 0.492. The van der Waals surface area contributed by atoms with Gasteiger partial charge in [0, 0.05) is 12.4 Å². The Morgan fingerprint density at radius 1 is 1.70 bits per heavy atom. The minimum atomic E-state index is -1.26. The highest BCUT2D eigenvalue weighted by molar-refractivity contribution is 5.85. The Bertz CT molecular complexity index is 228. The lowest BCUT2D eigenvalue weighted by Crippen LogP contribution is -2.29. The van der Waals surface area contributed by atoms with Gasteiger partial charge in [-0.2, -0.15) is 0 Å². The average Bonchev–Trinajstić information content (AvgIpc) is 2.12. The summed E-state index contributed by atoms with van der Waals surface area (Å²) >= 11 is 0. The standard InChI is InChI=1S/C6H6N2O2/c9-6(10)5-4-7-2-1-3-8-5/h1-4,8H,(H,9,10)/p-1. The summed E-state index contributed by atoms with van der Waals surface area (Å²) < 4.78 is 0. The van der Waals surface area contributed by atoms with E-state index >= 15 is 0 Å². The summed E-state index contributed by atoms with van der Waals surface area (Å²) in [4.78, 5) is 13.8. The number of rotatable bonds is 1. The molecule has 0 saturated carbocycles. The van der Waals surface area contributed by atoms with Gasteiger partial charge in [-0.25, -0.2) is 0 Å². The topological polar surface area (TPSA) is 64.5 Å². The van der Waals surface area contributed by atoms with Crippen LogP contribution >= 0.6 is 0 Å². The van der Waals surface area contributed by atoms with Gasteiger partial charge in [0.1, 0.15) is 0 Å². The molecule has 4 nitrogen and oxygen atoms in total. The van der Waals surface area contributed by atoms with Gasteiger partial charge in [-0.3, -0.25) is 4.99 Å². The molecule has 0 unspecified atom stereocenters.